The molecule has 2 rings (SSSR count). The van der Waals surface area contributed by atoms with Crippen LogP contribution in [-0.4, -0.2) is 30.6 Å². The van der Waals surface area contributed by atoms with Gasteiger partial charge in [-0.2, -0.15) is 5.26 Å². The third kappa shape index (κ3) is 2.56. The molecule has 0 aromatic heterocycles. The van der Waals surface area contributed by atoms with Gasteiger partial charge in [-0.3, -0.25) is 0 Å². The maximum absolute atomic E-state index is 13.7. The number of rotatable bonds is 3. The summed E-state index contributed by atoms with van der Waals surface area (Å²) in [7, 11) is -3.33. The summed E-state index contributed by atoms with van der Waals surface area (Å²) in [5.74, 6) is -0.965. The molecular weight excluding hydrogens is 281 g/mol. The van der Waals surface area contributed by atoms with Crippen molar-refractivity contribution in [3.8, 4) is 6.07 Å². The Morgan fingerprint density at radius 1 is 1.50 bits per heavy atom. The number of sulfone groups is 1. The van der Waals surface area contributed by atoms with Crippen LogP contribution in [0.3, 0.4) is 0 Å². The number of nitriles is 1. The molecule has 20 heavy (non-hydrogen) atoms. The number of aliphatic hydroxyl groups is 1. The first kappa shape index (κ1) is 14.9. The summed E-state index contributed by atoms with van der Waals surface area (Å²) in [5.41, 5.74) is -2.71. The number of hydrogen-bond acceptors (Lipinski definition) is 4. The van der Waals surface area contributed by atoms with E-state index in [1.54, 1.807) is 6.07 Å². The van der Waals surface area contributed by atoms with E-state index in [0.29, 0.717) is 0 Å². The van der Waals surface area contributed by atoms with Gasteiger partial charge in [0, 0.05) is 6.42 Å². The second-order valence-corrected chi connectivity index (χ2v) is 7.76. The first-order valence-corrected chi connectivity index (χ1v) is 8.11. The maximum Gasteiger partial charge on any atom is 0.152 e. The van der Waals surface area contributed by atoms with E-state index in [1.165, 1.54) is 25.1 Å². The van der Waals surface area contributed by atoms with Crippen LogP contribution in [0.4, 0.5) is 4.39 Å². The highest BCUT2D eigenvalue weighted by Gasteiger charge is 2.54. The summed E-state index contributed by atoms with van der Waals surface area (Å²) in [6.45, 7) is 1.41. The van der Waals surface area contributed by atoms with Gasteiger partial charge in [-0.15, -0.1) is 0 Å². The Bertz CT molecular complexity index is 663. The molecule has 2 atom stereocenters. The van der Waals surface area contributed by atoms with Crippen LogP contribution in [0.15, 0.2) is 24.3 Å². The maximum atomic E-state index is 13.7. The van der Waals surface area contributed by atoms with Crippen molar-refractivity contribution < 1.29 is 17.9 Å². The smallest absolute Gasteiger partial charge is 0.152 e. The third-order valence-electron chi connectivity index (χ3n) is 4.04. The van der Waals surface area contributed by atoms with Gasteiger partial charge in [0.1, 0.15) is 11.2 Å². The minimum atomic E-state index is -3.33. The van der Waals surface area contributed by atoms with E-state index in [4.69, 9.17) is 0 Å². The Balaban J connectivity index is 2.35. The molecule has 1 N–H and O–H groups in total. The average molecular weight is 297 g/mol. The Labute approximate surface area is 117 Å². The molecule has 2 unspecified atom stereocenters. The number of nitrogens with zero attached hydrogens (tertiary/aromatic N) is 1. The van der Waals surface area contributed by atoms with Crippen LogP contribution in [0.5, 0.6) is 0 Å². The van der Waals surface area contributed by atoms with Crippen molar-refractivity contribution in [2.75, 3.05) is 11.5 Å². The van der Waals surface area contributed by atoms with E-state index < -0.39 is 26.7 Å². The molecule has 1 aromatic carbocycles. The summed E-state index contributed by atoms with van der Waals surface area (Å²) in [5, 5.41) is 20.0. The summed E-state index contributed by atoms with van der Waals surface area (Å²) in [6, 6.07) is 7.93. The van der Waals surface area contributed by atoms with Gasteiger partial charge < -0.3 is 5.11 Å². The summed E-state index contributed by atoms with van der Waals surface area (Å²) in [4.78, 5) is 0. The zero-order chi connectivity index (χ0) is 15.0. The van der Waals surface area contributed by atoms with E-state index >= 15 is 0 Å². The van der Waals surface area contributed by atoms with Crippen LogP contribution in [0.25, 0.3) is 0 Å². The Kier molecular flexibility index (Phi) is 3.61. The van der Waals surface area contributed by atoms with Crippen molar-refractivity contribution in [3.63, 3.8) is 0 Å². The Morgan fingerprint density at radius 3 is 2.65 bits per heavy atom. The van der Waals surface area contributed by atoms with Crippen molar-refractivity contribution in [1.82, 2.24) is 0 Å². The number of hydrogen-bond donors (Lipinski definition) is 1. The topological polar surface area (TPSA) is 78.2 Å². The highest BCUT2D eigenvalue weighted by atomic mass is 32.2. The zero-order valence-corrected chi connectivity index (χ0v) is 12.0. The monoisotopic (exact) mass is 297 g/mol. The van der Waals surface area contributed by atoms with Crippen molar-refractivity contribution >= 4 is 9.84 Å². The predicted molar refractivity (Wildman–Crippen MR) is 72.0 cm³/mol. The quantitative estimate of drug-likeness (QED) is 0.916. The van der Waals surface area contributed by atoms with Gasteiger partial charge in [0.05, 0.1) is 23.2 Å². The van der Waals surface area contributed by atoms with E-state index in [-0.39, 0.29) is 29.9 Å². The lowest BCUT2D eigenvalue weighted by Crippen LogP contribution is -2.48. The molecule has 0 aliphatic carbocycles. The van der Waals surface area contributed by atoms with Crippen LogP contribution >= 0.6 is 0 Å². The van der Waals surface area contributed by atoms with Crippen molar-refractivity contribution in [3.05, 3.63) is 35.6 Å². The van der Waals surface area contributed by atoms with E-state index in [9.17, 15) is 23.2 Å². The van der Waals surface area contributed by atoms with E-state index in [2.05, 4.69) is 0 Å². The van der Waals surface area contributed by atoms with Gasteiger partial charge in [0.25, 0.3) is 0 Å². The molecule has 1 saturated heterocycles. The van der Waals surface area contributed by atoms with Gasteiger partial charge in [-0.1, -0.05) is 18.2 Å². The summed E-state index contributed by atoms with van der Waals surface area (Å²) in [6.07, 6.45) is -0.0178. The lowest BCUT2D eigenvalue weighted by atomic mass is 9.70. The third-order valence-corrected chi connectivity index (χ3v) is 5.80. The van der Waals surface area contributed by atoms with Gasteiger partial charge in [0.15, 0.2) is 9.84 Å². The number of halogens is 1. The molecule has 1 aromatic rings. The molecule has 1 aliphatic heterocycles. The van der Waals surface area contributed by atoms with Crippen LogP contribution in [-0.2, 0) is 16.3 Å². The first-order chi connectivity index (χ1) is 9.21. The highest BCUT2D eigenvalue weighted by molar-refractivity contribution is 7.91. The minimum Gasteiger partial charge on any atom is -0.388 e. The minimum absolute atomic E-state index is 0.0767. The van der Waals surface area contributed by atoms with Gasteiger partial charge in [-0.25, -0.2) is 12.8 Å². The fourth-order valence-electron chi connectivity index (χ4n) is 2.66. The molecule has 0 amide bonds. The van der Waals surface area contributed by atoms with Gasteiger partial charge in [-0.05, 0) is 25.0 Å². The van der Waals surface area contributed by atoms with Gasteiger partial charge >= 0.3 is 0 Å². The molecule has 1 fully saturated rings. The largest absolute Gasteiger partial charge is 0.388 e. The molecular formula is C14H16FNO3S. The Morgan fingerprint density at radius 2 is 2.15 bits per heavy atom. The Hall–Kier alpha value is -1.45. The molecule has 0 spiro atoms. The van der Waals surface area contributed by atoms with Gasteiger partial charge in [0.2, 0.25) is 0 Å². The molecule has 0 saturated carbocycles. The van der Waals surface area contributed by atoms with Crippen molar-refractivity contribution in [1.29, 1.82) is 5.26 Å². The fraction of sp³-hybridized carbons (Fsp3) is 0.500. The number of benzene rings is 1. The van der Waals surface area contributed by atoms with Crippen LogP contribution in [0, 0.1) is 22.6 Å². The van der Waals surface area contributed by atoms with Crippen LogP contribution < -0.4 is 0 Å². The fourth-order valence-corrected chi connectivity index (χ4v) is 4.74. The standard InChI is InChI=1S/C14H16FNO3S/c1-13(17,8-11-4-2-3-5-12(11)15)14(9-16)6-7-20(18,19)10-14/h2-5,17H,6-8,10H2,1H3. The average Bonchev–Trinajstić information content (AvgIpc) is 2.69. The first-order valence-electron chi connectivity index (χ1n) is 6.29. The molecule has 1 aliphatic rings. The predicted octanol–water partition coefficient (Wildman–Crippen LogP) is 1.45. The summed E-state index contributed by atoms with van der Waals surface area (Å²) < 4.78 is 36.9. The SMILES string of the molecule is CC(O)(Cc1ccccc1F)C1(C#N)CCS(=O)(=O)C1. The second kappa shape index (κ2) is 4.83. The molecule has 6 heteroatoms. The lowest BCUT2D eigenvalue weighted by molar-refractivity contribution is -0.0268. The molecule has 0 radical (unpaired) electrons. The van der Waals surface area contributed by atoms with Crippen LogP contribution in [0.2, 0.25) is 0 Å². The summed E-state index contributed by atoms with van der Waals surface area (Å²) >= 11 is 0. The normalized spacial score (nSPS) is 27.7. The zero-order valence-electron chi connectivity index (χ0n) is 11.1. The second-order valence-electron chi connectivity index (χ2n) is 5.58. The van der Waals surface area contributed by atoms with E-state index in [1.807, 2.05) is 6.07 Å². The van der Waals surface area contributed by atoms with Crippen molar-refractivity contribution in [2.24, 2.45) is 5.41 Å². The van der Waals surface area contributed by atoms with E-state index in [0.717, 1.165) is 0 Å². The molecule has 108 valence electrons. The molecule has 0 bridgehead atoms. The molecule has 1 heterocycles. The van der Waals surface area contributed by atoms with Crippen LogP contribution in [0.1, 0.15) is 18.9 Å². The molecule has 4 nitrogen and oxygen atoms in total. The van der Waals surface area contributed by atoms with Crippen molar-refractivity contribution in [2.45, 2.75) is 25.4 Å². The lowest BCUT2D eigenvalue weighted by Gasteiger charge is -2.36. The highest BCUT2D eigenvalue weighted by Crippen LogP contribution is 2.43.